The van der Waals surface area contributed by atoms with Gasteiger partial charge in [0, 0.05) is 32.6 Å². The average molecular weight is 319 g/mol. The topological polar surface area (TPSA) is 79.0 Å². The Morgan fingerprint density at radius 2 is 1.87 bits per heavy atom. The minimum atomic E-state index is -0.737. The summed E-state index contributed by atoms with van der Waals surface area (Å²) in [5, 5.41) is 2.72. The number of nitrogens with zero attached hydrogens (tertiary/aromatic N) is 2. The number of carbonyl (C=O) groups is 3. The van der Waals surface area contributed by atoms with E-state index in [1.165, 1.54) is 7.11 Å². The fraction of sp³-hybridized carbons (Fsp3) is 0.438. The van der Waals surface area contributed by atoms with Gasteiger partial charge in [0.15, 0.2) is 0 Å². The van der Waals surface area contributed by atoms with Gasteiger partial charge in [-0.1, -0.05) is 30.3 Å². The average Bonchev–Trinajstić information content (AvgIpc) is 2.61. The van der Waals surface area contributed by atoms with Crippen molar-refractivity contribution in [1.29, 1.82) is 0 Å². The lowest BCUT2D eigenvalue weighted by molar-refractivity contribution is -0.142. The maximum atomic E-state index is 12.3. The third-order valence-electron chi connectivity index (χ3n) is 3.82. The van der Waals surface area contributed by atoms with Crippen LogP contribution in [0, 0.1) is 0 Å². The zero-order chi connectivity index (χ0) is 16.7. The molecule has 0 saturated carbocycles. The standard InChI is InChI=1S/C16H21N3O4/c1-23-15(21)14(11-13-5-3-2-4-6-13)17-16(22)19-9-7-18(12-20)8-10-19/h2-6,12,14H,7-11H2,1H3,(H,17,22)/t14-/m0/s1. The molecule has 0 bridgehead atoms. The molecule has 0 aromatic heterocycles. The molecule has 0 aliphatic carbocycles. The zero-order valence-electron chi connectivity index (χ0n) is 13.1. The van der Waals surface area contributed by atoms with E-state index in [2.05, 4.69) is 5.32 Å². The van der Waals surface area contributed by atoms with Crippen LogP contribution in [0.2, 0.25) is 0 Å². The van der Waals surface area contributed by atoms with Gasteiger partial charge in [0.1, 0.15) is 6.04 Å². The molecule has 0 radical (unpaired) electrons. The van der Waals surface area contributed by atoms with E-state index in [0.717, 1.165) is 12.0 Å². The normalized spacial score (nSPS) is 15.7. The Bertz CT molecular complexity index is 542. The first-order chi connectivity index (χ1) is 11.1. The number of carbonyl (C=O) groups excluding carboxylic acids is 3. The molecular weight excluding hydrogens is 298 g/mol. The number of urea groups is 1. The summed E-state index contributed by atoms with van der Waals surface area (Å²) in [5.41, 5.74) is 0.939. The van der Waals surface area contributed by atoms with Gasteiger partial charge in [0.25, 0.3) is 0 Å². The van der Waals surface area contributed by atoms with E-state index in [1.807, 2.05) is 30.3 Å². The van der Waals surface area contributed by atoms with Crippen molar-refractivity contribution in [2.24, 2.45) is 0 Å². The van der Waals surface area contributed by atoms with Gasteiger partial charge in [-0.15, -0.1) is 0 Å². The summed E-state index contributed by atoms with van der Waals surface area (Å²) in [6.07, 6.45) is 1.15. The number of hydrogen-bond acceptors (Lipinski definition) is 4. The molecule has 124 valence electrons. The van der Waals surface area contributed by atoms with Crippen molar-refractivity contribution in [3.8, 4) is 0 Å². The maximum Gasteiger partial charge on any atom is 0.328 e. The minimum Gasteiger partial charge on any atom is -0.467 e. The SMILES string of the molecule is COC(=O)[C@H](Cc1ccccc1)NC(=O)N1CCN(C=O)CC1. The van der Waals surface area contributed by atoms with Gasteiger partial charge in [-0.05, 0) is 5.56 Å². The van der Waals surface area contributed by atoms with E-state index in [-0.39, 0.29) is 6.03 Å². The van der Waals surface area contributed by atoms with E-state index in [1.54, 1.807) is 9.80 Å². The number of esters is 1. The number of nitrogens with one attached hydrogen (secondary N) is 1. The molecular formula is C16H21N3O4. The molecule has 1 aliphatic heterocycles. The Labute approximate surface area is 135 Å². The summed E-state index contributed by atoms with van der Waals surface area (Å²) in [6, 6.07) is 8.38. The number of rotatable bonds is 5. The first kappa shape index (κ1) is 16.8. The van der Waals surface area contributed by atoms with Crippen LogP contribution in [-0.2, 0) is 20.7 Å². The summed E-state index contributed by atoms with van der Waals surface area (Å²) in [4.78, 5) is 38.1. The van der Waals surface area contributed by atoms with Gasteiger partial charge in [-0.3, -0.25) is 4.79 Å². The Morgan fingerprint density at radius 1 is 1.22 bits per heavy atom. The third kappa shape index (κ3) is 4.70. The zero-order valence-corrected chi connectivity index (χ0v) is 13.1. The molecule has 7 nitrogen and oxygen atoms in total. The second-order valence-electron chi connectivity index (χ2n) is 5.34. The van der Waals surface area contributed by atoms with Crippen molar-refractivity contribution in [3.05, 3.63) is 35.9 Å². The molecule has 1 aromatic rings. The molecule has 1 aromatic carbocycles. The van der Waals surface area contributed by atoms with E-state index in [4.69, 9.17) is 4.74 Å². The Hall–Kier alpha value is -2.57. The molecule has 1 atom stereocenters. The summed E-state index contributed by atoms with van der Waals surface area (Å²) in [7, 11) is 1.30. The fourth-order valence-corrected chi connectivity index (χ4v) is 2.46. The van der Waals surface area contributed by atoms with Gasteiger partial charge >= 0.3 is 12.0 Å². The monoisotopic (exact) mass is 319 g/mol. The molecule has 3 amide bonds. The van der Waals surface area contributed by atoms with E-state index in [9.17, 15) is 14.4 Å². The van der Waals surface area contributed by atoms with E-state index < -0.39 is 12.0 Å². The Kier molecular flexibility index (Phi) is 5.96. The summed E-state index contributed by atoms with van der Waals surface area (Å²) in [5.74, 6) is -0.478. The minimum absolute atomic E-state index is 0.318. The highest BCUT2D eigenvalue weighted by molar-refractivity contribution is 5.84. The molecule has 7 heteroatoms. The quantitative estimate of drug-likeness (QED) is 0.623. The van der Waals surface area contributed by atoms with Crippen LogP contribution in [0.4, 0.5) is 4.79 Å². The van der Waals surface area contributed by atoms with Crippen LogP contribution >= 0.6 is 0 Å². The van der Waals surface area contributed by atoms with E-state index >= 15 is 0 Å². The Balaban J connectivity index is 1.96. The molecule has 23 heavy (non-hydrogen) atoms. The van der Waals surface area contributed by atoms with Gasteiger partial charge in [-0.25, -0.2) is 9.59 Å². The van der Waals surface area contributed by atoms with Gasteiger partial charge in [0.05, 0.1) is 7.11 Å². The molecule has 1 aliphatic rings. The third-order valence-corrected chi connectivity index (χ3v) is 3.82. The number of methoxy groups -OCH3 is 1. The van der Waals surface area contributed by atoms with Crippen molar-refractivity contribution in [2.75, 3.05) is 33.3 Å². The molecule has 0 unspecified atom stereocenters. The smallest absolute Gasteiger partial charge is 0.328 e. The highest BCUT2D eigenvalue weighted by atomic mass is 16.5. The maximum absolute atomic E-state index is 12.3. The van der Waals surface area contributed by atoms with Crippen LogP contribution in [0.5, 0.6) is 0 Å². The van der Waals surface area contributed by atoms with E-state index in [0.29, 0.717) is 32.6 Å². The number of ether oxygens (including phenoxy) is 1. The fourth-order valence-electron chi connectivity index (χ4n) is 2.46. The molecule has 1 saturated heterocycles. The number of piperazine rings is 1. The van der Waals surface area contributed by atoms with Crippen LogP contribution in [0.3, 0.4) is 0 Å². The van der Waals surface area contributed by atoms with Crippen molar-refractivity contribution < 1.29 is 19.1 Å². The predicted octanol–water partition coefficient (Wildman–Crippen LogP) is 0.254. The molecule has 2 rings (SSSR count). The van der Waals surface area contributed by atoms with Gasteiger partial charge in [-0.2, -0.15) is 0 Å². The van der Waals surface area contributed by atoms with Crippen LogP contribution < -0.4 is 5.32 Å². The lowest BCUT2D eigenvalue weighted by atomic mass is 10.1. The van der Waals surface area contributed by atoms with Crippen molar-refractivity contribution in [1.82, 2.24) is 15.1 Å². The highest BCUT2D eigenvalue weighted by Gasteiger charge is 2.26. The first-order valence-corrected chi connectivity index (χ1v) is 7.50. The number of benzene rings is 1. The van der Waals surface area contributed by atoms with Crippen LogP contribution in [-0.4, -0.2) is 67.5 Å². The molecule has 1 N–H and O–H groups in total. The lowest BCUT2D eigenvalue weighted by Gasteiger charge is -2.33. The second-order valence-corrected chi connectivity index (χ2v) is 5.34. The predicted molar refractivity (Wildman–Crippen MR) is 83.7 cm³/mol. The highest BCUT2D eigenvalue weighted by Crippen LogP contribution is 2.06. The van der Waals surface area contributed by atoms with Crippen molar-refractivity contribution >= 4 is 18.4 Å². The van der Waals surface area contributed by atoms with Gasteiger partial charge < -0.3 is 19.9 Å². The van der Waals surface area contributed by atoms with Crippen molar-refractivity contribution in [3.63, 3.8) is 0 Å². The molecule has 0 spiro atoms. The number of amides is 3. The summed E-state index contributed by atoms with van der Waals surface area (Å²) >= 11 is 0. The Morgan fingerprint density at radius 3 is 2.43 bits per heavy atom. The number of hydrogen-bond donors (Lipinski definition) is 1. The lowest BCUT2D eigenvalue weighted by Crippen LogP contribution is -2.54. The largest absolute Gasteiger partial charge is 0.467 e. The van der Waals surface area contributed by atoms with Crippen LogP contribution in [0.25, 0.3) is 0 Å². The van der Waals surface area contributed by atoms with Crippen molar-refractivity contribution in [2.45, 2.75) is 12.5 Å². The summed E-state index contributed by atoms with van der Waals surface area (Å²) < 4.78 is 4.78. The molecule has 1 fully saturated rings. The first-order valence-electron chi connectivity index (χ1n) is 7.50. The van der Waals surface area contributed by atoms with Crippen LogP contribution in [0.15, 0.2) is 30.3 Å². The molecule has 1 heterocycles. The second kappa shape index (κ2) is 8.17. The van der Waals surface area contributed by atoms with Gasteiger partial charge in [0.2, 0.25) is 6.41 Å². The summed E-state index contributed by atoms with van der Waals surface area (Å²) in [6.45, 7) is 1.89. The van der Waals surface area contributed by atoms with Crippen LogP contribution in [0.1, 0.15) is 5.56 Å².